The number of amides is 1. The van der Waals surface area contributed by atoms with Crippen LogP contribution in [0.5, 0.6) is 0 Å². The highest BCUT2D eigenvalue weighted by molar-refractivity contribution is 6.30. The van der Waals surface area contributed by atoms with E-state index < -0.39 is 23.8 Å². The Morgan fingerprint density at radius 2 is 1.96 bits per heavy atom. The van der Waals surface area contributed by atoms with E-state index in [1.54, 1.807) is 30.3 Å². The highest BCUT2D eigenvalue weighted by Crippen LogP contribution is 2.31. The summed E-state index contributed by atoms with van der Waals surface area (Å²) in [4.78, 5) is 12.4. The minimum Gasteiger partial charge on any atom is -0.325 e. The molecule has 0 spiro atoms. The third-order valence-electron chi connectivity index (χ3n) is 3.92. The van der Waals surface area contributed by atoms with Crippen molar-refractivity contribution in [1.29, 1.82) is 0 Å². The predicted octanol–water partition coefficient (Wildman–Crippen LogP) is 5.00. The highest BCUT2D eigenvalue weighted by atomic mass is 35.5. The number of hydrogen-bond acceptors (Lipinski definition) is 2. The molecule has 1 N–H and O–H groups in total. The van der Waals surface area contributed by atoms with E-state index in [2.05, 4.69) is 10.4 Å². The molecule has 0 fully saturated rings. The highest BCUT2D eigenvalue weighted by Gasteiger charge is 2.20. The number of rotatable bonds is 5. The lowest BCUT2D eigenvalue weighted by Gasteiger charge is -2.12. The second-order valence-corrected chi connectivity index (χ2v) is 6.35. The smallest absolute Gasteiger partial charge is 0.282 e. The number of nitrogens with zero attached hydrogens (tertiary/aromatic N) is 2. The van der Waals surface area contributed by atoms with Crippen LogP contribution < -0.4 is 5.32 Å². The second kappa shape index (κ2) is 7.84. The second-order valence-electron chi connectivity index (χ2n) is 5.91. The van der Waals surface area contributed by atoms with E-state index in [0.717, 1.165) is 0 Å². The number of nitrogens with one attached hydrogen (secondary N) is 1. The first kappa shape index (κ1) is 19.0. The molecule has 0 aliphatic heterocycles. The molecular formula is C19H15ClF3N3O. The van der Waals surface area contributed by atoms with Crippen molar-refractivity contribution in [2.45, 2.75) is 12.8 Å². The van der Waals surface area contributed by atoms with Gasteiger partial charge in [-0.3, -0.25) is 9.48 Å². The Bertz CT molecular complexity index is 988. The summed E-state index contributed by atoms with van der Waals surface area (Å²) in [6.45, 7) is 0. The van der Waals surface area contributed by atoms with Gasteiger partial charge in [-0.15, -0.1) is 0 Å². The van der Waals surface area contributed by atoms with Gasteiger partial charge in [0.25, 0.3) is 6.43 Å². The van der Waals surface area contributed by atoms with Crippen molar-refractivity contribution < 1.29 is 18.0 Å². The van der Waals surface area contributed by atoms with Gasteiger partial charge in [0.2, 0.25) is 5.91 Å². The van der Waals surface area contributed by atoms with Crippen molar-refractivity contribution >= 4 is 23.2 Å². The van der Waals surface area contributed by atoms with Crippen LogP contribution in [0.4, 0.5) is 18.9 Å². The van der Waals surface area contributed by atoms with Crippen molar-refractivity contribution in [1.82, 2.24) is 9.78 Å². The number of aryl methyl sites for hydroxylation is 1. The summed E-state index contributed by atoms with van der Waals surface area (Å²) in [5, 5.41) is 6.59. The summed E-state index contributed by atoms with van der Waals surface area (Å²) in [5.74, 6) is -1.04. The average molecular weight is 394 g/mol. The number of halogens is 4. The Morgan fingerprint density at radius 1 is 1.22 bits per heavy atom. The normalized spacial score (nSPS) is 11.0. The molecule has 0 saturated heterocycles. The van der Waals surface area contributed by atoms with Crippen molar-refractivity contribution in [2.24, 2.45) is 7.05 Å². The minimum absolute atomic E-state index is 0.139. The van der Waals surface area contributed by atoms with Crippen LogP contribution in [0.15, 0.2) is 48.7 Å². The predicted molar refractivity (Wildman–Crippen MR) is 97.3 cm³/mol. The number of benzene rings is 2. The van der Waals surface area contributed by atoms with E-state index in [1.807, 2.05) is 0 Å². The van der Waals surface area contributed by atoms with Crippen molar-refractivity contribution in [3.8, 4) is 11.1 Å². The van der Waals surface area contributed by atoms with E-state index >= 15 is 0 Å². The van der Waals surface area contributed by atoms with Crippen molar-refractivity contribution in [3.63, 3.8) is 0 Å². The molecular weight excluding hydrogens is 379 g/mol. The first-order valence-electron chi connectivity index (χ1n) is 8.00. The molecule has 4 nitrogen and oxygen atoms in total. The number of carbonyl (C=O) groups excluding carboxylic acids is 1. The first-order chi connectivity index (χ1) is 12.8. The molecule has 140 valence electrons. The van der Waals surface area contributed by atoms with E-state index in [9.17, 15) is 18.0 Å². The van der Waals surface area contributed by atoms with Crippen LogP contribution in [0.3, 0.4) is 0 Å². The monoisotopic (exact) mass is 393 g/mol. The zero-order valence-corrected chi connectivity index (χ0v) is 15.0. The van der Waals surface area contributed by atoms with Gasteiger partial charge >= 0.3 is 0 Å². The summed E-state index contributed by atoms with van der Waals surface area (Å²) < 4.78 is 41.5. The third kappa shape index (κ3) is 4.31. The van der Waals surface area contributed by atoms with Gasteiger partial charge in [-0.1, -0.05) is 29.8 Å². The van der Waals surface area contributed by atoms with E-state index in [0.29, 0.717) is 11.3 Å². The largest absolute Gasteiger partial charge is 0.325 e. The summed E-state index contributed by atoms with van der Waals surface area (Å²) in [5.41, 5.74) is 0.807. The zero-order chi connectivity index (χ0) is 19.6. The number of hydrogen-bond donors (Lipinski definition) is 1. The molecule has 3 aromatic rings. The fraction of sp³-hybridized carbons (Fsp3) is 0.158. The molecule has 0 aliphatic rings. The van der Waals surface area contributed by atoms with Gasteiger partial charge in [0, 0.05) is 40.6 Å². The van der Waals surface area contributed by atoms with Crippen molar-refractivity contribution in [2.75, 3.05) is 5.32 Å². The summed E-state index contributed by atoms with van der Waals surface area (Å²) in [6.07, 6.45) is -1.67. The number of aromatic nitrogens is 2. The maximum atomic E-state index is 14.3. The van der Waals surface area contributed by atoms with Gasteiger partial charge in [0.05, 0.1) is 6.42 Å². The van der Waals surface area contributed by atoms with Crippen LogP contribution in [-0.4, -0.2) is 15.7 Å². The molecule has 1 heterocycles. The quantitative estimate of drug-likeness (QED) is 0.663. The fourth-order valence-electron chi connectivity index (χ4n) is 2.78. The zero-order valence-electron chi connectivity index (χ0n) is 14.2. The molecule has 0 radical (unpaired) electrons. The number of carbonyl (C=O) groups is 1. The Balaban J connectivity index is 1.85. The van der Waals surface area contributed by atoms with E-state index in [1.165, 1.54) is 30.1 Å². The molecule has 27 heavy (non-hydrogen) atoms. The maximum Gasteiger partial charge on any atom is 0.282 e. The molecule has 0 saturated carbocycles. The van der Waals surface area contributed by atoms with Gasteiger partial charge in [-0.05, 0) is 24.3 Å². The van der Waals surface area contributed by atoms with Gasteiger partial charge in [0.1, 0.15) is 11.5 Å². The van der Waals surface area contributed by atoms with Gasteiger partial charge < -0.3 is 5.32 Å². The molecule has 2 aromatic carbocycles. The molecule has 0 unspecified atom stereocenters. The summed E-state index contributed by atoms with van der Waals surface area (Å²) in [6, 6.07) is 10.9. The standard InChI is InChI=1S/C19H15ClF3N3O/c1-26-10-11(18(25-26)19(22)23)8-17(27)24-16-5-3-2-4-14(16)13-7-6-12(20)9-15(13)21/h2-7,9-10,19H,8H2,1H3,(H,24,27). The van der Waals surface area contributed by atoms with Crippen LogP contribution >= 0.6 is 11.6 Å². The Kier molecular flexibility index (Phi) is 5.51. The minimum atomic E-state index is -2.77. The summed E-state index contributed by atoms with van der Waals surface area (Å²) in [7, 11) is 1.51. The van der Waals surface area contributed by atoms with Crippen LogP contribution in [0.1, 0.15) is 17.7 Å². The van der Waals surface area contributed by atoms with Gasteiger partial charge in [-0.25, -0.2) is 13.2 Å². The number of anilines is 1. The molecule has 8 heteroatoms. The third-order valence-corrected chi connectivity index (χ3v) is 4.15. The lowest BCUT2D eigenvalue weighted by Crippen LogP contribution is -2.15. The van der Waals surface area contributed by atoms with Gasteiger partial charge in [0.15, 0.2) is 0 Å². The molecule has 0 aliphatic carbocycles. The van der Waals surface area contributed by atoms with Gasteiger partial charge in [-0.2, -0.15) is 5.10 Å². The topological polar surface area (TPSA) is 46.9 Å². The first-order valence-corrected chi connectivity index (χ1v) is 8.38. The lowest BCUT2D eigenvalue weighted by molar-refractivity contribution is -0.115. The summed E-state index contributed by atoms with van der Waals surface area (Å²) >= 11 is 5.78. The van der Waals surface area contributed by atoms with E-state index in [-0.39, 0.29) is 22.6 Å². The molecule has 3 rings (SSSR count). The van der Waals surface area contributed by atoms with Crippen LogP contribution in [0.25, 0.3) is 11.1 Å². The fourth-order valence-corrected chi connectivity index (χ4v) is 2.94. The van der Waals surface area contributed by atoms with Crippen LogP contribution in [-0.2, 0) is 18.3 Å². The Labute approximate surface area is 158 Å². The molecule has 1 amide bonds. The molecule has 1 aromatic heterocycles. The number of alkyl halides is 2. The average Bonchev–Trinajstić information content (AvgIpc) is 2.96. The Hall–Kier alpha value is -2.80. The van der Waals surface area contributed by atoms with Crippen molar-refractivity contribution in [3.05, 3.63) is 70.8 Å². The van der Waals surface area contributed by atoms with Crippen LogP contribution in [0, 0.1) is 5.82 Å². The number of para-hydroxylation sites is 1. The molecule has 0 bridgehead atoms. The van der Waals surface area contributed by atoms with E-state index in [4.69, 9.17) is 11.6 Å². The van der Waals surface area contributed by atoms with Crippen LogP contribution in [0.2, 0.25) is 5.02 Å². The maximum absolute atomic E-state index is 14.3. The molecule has 0 atom stereocenters. The lowest BCUT2D eigenvalue weighted by atomic mass is 10.0. The SMILES string of the molecule is Cn1cc(CC(=O)Nc2ccccc2-c2ccc(Cl)cc2F)c(C(F)F)n1. The Morgan fingerprint density at radius 3 is 2.67 bits per heavy atom.